The maximum atomic E-state index is 11.6. The van der Waals surface area contributed by atoms with Crippen LogP contribution in [0.4, 0.5) is 5.69 Å². The van der Waals surface area contributed by atoms with E-state index in [4.69, 9.17) is 5.73 Å². The van der Waals surface area contributed by atoms with Crippen LogP contribution >= 0.6 is 15.9 Å². The molecule has 18 heavy (non-hydrogen) atoms. The number of carbonyl (C=O) groups is 1. The third kappa shape index (κ3) is 3.44. The van der Waals surface area contributed by atoms with E-state index in [1.54, 1.807) is 6.07 Å². The summed E-state index contributed by atoms with van der Waals surface area (Å²) in [5, 5.41) is 20.3. The van der Waals surface area contributed by atoms with Gasteiger partial charge >= 0.3 is 5.97 Å². The van der Waals surface area contributed by atoms with Crippen molar-refractivity contribution in [2.75, 3.05) is 18.2 Å². The van der Waals surface area contributed by atoms with Crippen molar-refractivity contribution in [2.45, 2.75) is 18.6 Å². The number of alkyl halides is 1. The van der Waals surface area contributed by atoms with Crippen molar-refractivity contribution in [2.24, 2.45) is 0 Å². The lowest BCUT2D eigenvalue weighted by Crippen LogP contribution is -2.21. The summed E-state index contributed by atoms with van der Waals surface area (Å²) in [5.41, 5.74) is 6.46. The number of halogens is 1. The van der Waals surface area contributed by atoms with Crippen molar-refractivity contribution < 1.29 is 19.7 Å². The number of carbonyl (C=O) groups excluding carboxylic acids is 1. The molecule has 0 heterocycles. The number of hydrogen-bond acceptors (Lipinski definition) is 5. The van der Waals surface area contributed by atoms with E-state index >= 15 is 0 Å². The second-order valence-corrected chi connectivity index (χ2v) is 4.62. The van der Waals surface area contributed by atoms with Crippen LogP contribution in [-0.2, 0) is 4.74 Å². The smallest absolute Gasteiger partial charge is 0.338 e. The molecule has 0 saturated heterocycles. The quantitative estimate of drug-likeness (QED) is 0.431. The van der Waals surface area contributed by atoms with Gasteiger partial charge in [0.25, 0.3) is 0 Å². The van der Waals surface area contributed by atoms with Crippen LogP contribution in [-0.4, -0.2) is 34.7 Å². The predicted molar refractivity (Wildman–Crippen MR) is 71.6 cm³/mol. The van der Waals surface area contributed by atoms with Crippen LogP contribution in [0.2, 0.25) is 0 Å². The molecule has 0 amide bonds. The average molecular weight is 318 g/mol. The summed E-state index contributed by atoms with van der Waals surface area (Å²) in [4.78, 5) is 11.6. The Hall–Kier alpha value is -1.11. The van der Waals surface area contributed by atoms with Gasteiger partial charge in [0.1, 0.15) is 6.10 Å². The first-order valence-electron chi connectivity index (χ1n) is 5.41. The number of nitrogen functional groups attached to an aromatic ring is 1. The number of ether oxygens (including phenoxy) is 1. The van der Waals surface area contributed by atoms with E-state index in [0.717, 1.165) is 0 Å². The van der Waals surface area contributed by atoms with Gasteiger partial charge in [-0.2, -0.15) is 0 Å². The molecular weight excluding hydrogens is 302 g/mol. The number of rotatable bonds is 5. The Morgan fingerprint density at radius 3 is 2.72 bits per heavy atom. The van der Waals surface area contributed by atoms with Crippen LogP contribution in [0.1, 0.15) is 28.4 Å². The van der Waals surface area contributed by atoms with E-state index in [9.17, 15) is 15.0 Å². The van der Waals surface area contributed by atoms with Crippen LogP contribution in [0, 0.1) is 0 Å². The van der Waals surface area contributed by atoms with Crippen molar-refractivity contribution in [1.82, 2.24) is 0 Å². The molecule has 0 bridgehead atoms. The topological polar surface area (TPSA) is 92.8 Å². The number of benzene rings is 1. The first-order valence-corrected chi connectivity index (χ1v) is 6.53. The lowest BCUT2D eigenvalue weighted by molar-refractivity contribution is 0.0161. The average Bonchev–Trinajstić information content (AvgIpc) is 2.37. The van der Waals surface area contributed by atoms with E-state index in [-0.39, 0.29) is 5.56 Å². The number of aliphatic hydroxyl groups is 2. The van der Waals surface area contributed by atoms with Gasteiger partial charge < -0.3 is 20.7 Å². The standard InChI is InChI=1S/C12H16BrNO4/c1-18-12(17)9-6-7(14)2-3-8(9)11(16)10(15)4-5-13/h2-3,6,10-11,15-16H,4-5,14H2,1H3. The van der Waals surface area contributed by atoms with Gasteiger partial charge in [0.15, 0.2) is 0 Å². The lowest BCUT2D eigenvalue weighted by Gasteiger charge is -2.19. The van der Waals surface area contributed by atoms with Crippen molar-refractivity contribution >= 4 is 27.6 Å². The second-order valence-electron chi connectivity index (χ2n) is 3.83. The van der Waals surface area contributed by atoms with Crippen LogP contribution in [0.15, 0.2) is 18.2 Å². The molecule has 1 aromatic rings. The van der Waals surface area contributed by atoms with Crippen LogP contribution < -0.4 is 5.73 Å². The fraction of sp³-hybridized carbons (Fsp3) is 0.417. The van der Waals surface area contributed by atoms with E-state index in [2.05, 4.69) is 20.7 Å². The van der Waals surface area contributed by atoms with Crippen molar-refractivity contribution in [1.29, 1.82) is 0 Å². The highest BCUT2D eigenvalue weighted by Gasteiger charge is 2.23. The fourth-order valence-corrected chi connectivity index (χ4v) is 2.06. The monoisotopic (exact) mass is 317 g/mol. The molecule has 0 aliphatic heterocycles. The molecule has 5 nitrogen and oxygen atoms in total. The summed E-state index contributed by atoms with van der Waals surface area (Å²) in [7, 11) is 1.25. The van der Waals surface area contributed by atoms with Gasteiger partial charge in [0.05, 0.1) is 18.8 Å². The molecule has 2 unspecified atom stereocenters. The summed E-state index contributed by atoms with van der Waals surface area (Å²) in [6.07, 6.45) is -1.75. The van der Waals surface area contributed by atoms with E-state index < -0.39 is 18.2 Å². The van der Waals surface area contributed by atoms with E-state index in [0.29, 0.717) is 23.0 Å². The predicted octanol–water partition coefficient (Wildman–Crippen LogP) is 1.23. The van der Waals surface area contributed by atoms with Crippen molar-refractivity contribution in [3.8, 4) is 0 Å². The third-order valence-corrected chi connectivity index (χ3v) is 3.03. The van der Waals surface area contributed by atoms with Gasteiger partial charge in [-0.05, 0) is 24.1 Å². The van der Waals surface area contributed by atoms with Crippen LogP contribution in [0.5, 0.6) is 0 Å². The molecule has 4 N–H and O–H groups in total. The van der Waals surface area contributed by atoms with Gasteiger partial charge in [0.2, 0.25) is 0 Å². The zero-order valence-corrected chi connectivity index (χ0v) is 11.6. The molecule has 0 aliphatic carbocycles. The first kappa shape index (κ1) is 14.9. The second kappa shape index (κ2) is 6.72. The number of anilines is 1. The molecule has 6 heteroatoms. The highest BCUT2D eigenvalue weighted by Crippen LogP contribution is 2.25. The minimum atomic E-state index is -1.16. The summed E-state index contributed by atoms with van der Waals surface area (Å²) in [6.45, 7) is 0. The maximum absolute atomic E-state index is 11.6. The van der Waals surface area contributed by atoms with Gasteiger partial charge in [-0.1, -0.05) is 22.0 Å². The zero-order valence-electron chi connectivity index (χ0n) is 9.97. The number of methoxy groups -OCH3 is 1. The van der Waals surface area contributed by atoms with Crippen molar-refractivity contribution in [3.05, 3.63) is 29.3 Å². The zero-order chi connectivity index (χ0) is 13.7. The summed E-state index contributed by atoms with van der Waals surface area (Å²) in [5.74, 6) is -0.595. The molecular formula is C12H16BrNO4. The Labute approximate surface area is 114 Å². The normalized spacial score (nSPS) is 14.0. The molecule has 0 aromatic heterocycles. The first-order chi connectivity index (χ1) is 8.51. The van der Waals surface area contributed by atoms with E-state index in [1.807, 2.05) is 0 Å². The molecule has 0 saturated carbocycles. The molecule has 1 rings (SSSR count). The van der Waals surface area contributed by atoms with Gasteiger partial charge in [0, 0.05) is 11.0 Å². The van der Waals surface area contributed by atoms with Gasteiger partial charge in [-0.25, -0.2) is 4.79 Å². The molecule has 100 valence electrons. The molecule has 0 fully saturated rings. The fourth-order valence-electron chi connectivity index (χ4n) is 1.60. The number of nitrogens with two attached hydrogens (primary N) is 1. The Kier molecular flexibility index (Phi) is 5.58. The largest absolute Gasteiger partial charge is 0.465 e. The summed E-state index contributed by atoms with van der Waals surface area (Å²) >= 11 is 3.18. The molecule has 0 aliphatic rings. The Bertz CT molecular complexity index is 425. The summed E-state index contributed by atoms with van der Waals surface area (Å²) in [6, 6.07) is 4.50. The van der Waals surface area contributed by atoms with Crippen LogP contribution in [0.3, 0.4) is 0 Å². The van der Waals surface area contributed by atoms with Crippen LogP contribution in [0.25, 0.3) is 0 Å². The van der Waals surface area contributed by atoms with Gasteiger partial charge in [-0.3, -0.25) is 0 Å². The number of hydrogen-bond donors (Lipinski definition) is 3. The number of aliphatic hydroxyl groups excluding tert-OH is 2. The Morgan fingerprint density at radius 2 is 2.17 bits per heavy atom. The maximum Gasteiger partial charge on any atom is 0.338 e. The Balaban J connectivity index is 3.11. The SMILES string of the molecule is COC(=O)c1cc(N)ccc1C(O)C(O)CCBr. The molecule has 1 aromatic carbocycles. The summed E-state index contributed by atoms with van der Waals surface area (Å²) < 4.78 is 4.63. The van der Waals surface area contributed by atoms with Crippen molar-refractivity contribution in [3.63, 3.8) is 0 Å². The Morgan fingerprint density at radius 1 is 1.50 bits per heavy atom. The highest BCUT2D eigenvalue weighted by molar-refractivity contribution is 9.09. The minimum Gasteiger partial charge on any atom is -0.465 e. The minimum absolute atomic E-state index is 0.165. The molecule has 0 spiro atoms. The van der Waals surface area contributed by atoms with Gasteiger partial charge in [-0.15, -0.1) is 0 Å². The number of esters is 1. The van der Waals surface area contributed by atoms with E-state index in [1.165, 1.54) is 19.2 Å². The lowest BCUT2D eigenvalue weighted by atomic mass is 9.97. The highest BCUT2D eigenvalue weighted by atomic mass is 79.9. The molecule has 0 radical (unpaired) electrons. The molecule has 2 atom stereocenters. The third-order valence-electron chi connectivity index (χ3n) is 2.57.